The van der Waals surface area contributed by atoms with Crippen LogP contribution < -0.4 is 15.8 Å². The summed E-state index contributed by atoms with van der Waals surface area (Å²) in [5, 5.41) is 2.93. The van der Waals surface area contributed by atoms with Crippen LogP contribution in [0.3, 0.4) is 0 Å². The summed E-state index contributed by atoms with van der Waals surface area (Å²) in [6.07, 6.45) is 1.17. The van der Waals surface area contributed by atoms with Crippen molar-refractivity contribution < 1.29 is 14.3 Å². The molecule has 5 nitrogen and oxygen atoms in total. The first-order valence-electron chi connectivity index (χ1n) is 7.46. The molecule has 2 rings (SSSR count). The second-order valence-corrected chi connectivity index (χ2v) is 5.40. The minimum atomic E-state index is -0.0728. The number of nitrogens with one attached hydrogen (secondary N) is 1. The lowest BCUT2D eigenvalue weighted by molar-refractivity contribution is -0.126. The molecule has 3 unspecified atom stereocenters. The quantitative estimate of drug-likeness (QED) is 0.796. The van der Waals surface area contributed by atoms with Crippen LogP contribution >= 0.6 is 0 Å². The average Bonchev–Trinajstić information content (AvgIpc) is 2.45. The van der Waals surface area contributed by atoms with Crippen LogP contribution in [0.2, 0.25) is 0 Å². The van der Waals surface area contributed by atoms with Gasteiger partial charge in [0.05, 0.1) is 25.2 Å². The highest BCUT2D eigenvalue weighted by atomic mass is 16.5. The normalized spacial score (nSPS) is 24.2. The summed E-state index contributed by atoms with van der Waals surface area (Å²) in [5.41, 5.74) is 7.04. The summed E-state index contributed by atoms with van der Waals surface area (Å²) in [6, 6.07) is 7.69. The molecular weight excluding hydrogens is 268 g/mol. The maximum absolute atomic E-state index is 11.9. The third kappa shape index (κ3) is 4.44. The molecule has 0 spiro atoms. The van der Waals surface area contributed by atoms with E-state index in [2.05, 4.69) is 5.32 Å². The van der Waals surface area contributed by atoms with Gasteiger partial charge in [-0.15, -0.1) is 0 Å². The van der Waals surface area contributed by atoms with Gasteiger partial charge >= 0.3 is 0 Å². The smallest absolute Gasteiger partial charge is 0.223 e. The zero-order valence-corrected chi connectivity index (χ0v) is 12.7. The van der Waals surface area contributed by atoms with Crippen molar-refractivity contribution in [2.45, 2.75) is 44.9 Å². The topological polar surface area (TPSA) is 73.6 Å². The number of hydrogen-bond acceptors (Lipinski definition) is 4. The molecule has 0 heterocycles. The Morgan fingerprint density at radius 2 is 2.29 bits per heavy atom. The van der Waals surface area contributed by atoms with Crippen LogP contribution in [0.4, 0.5) is 0 Å². The fourth-order valence-electron chi connectivity index (χ4n) is 2.45. The van der Waals surface area contributed by atoms with Crippen LogP contribution in [-0.2, 0) is 9.53 Å². The summed E-state index contributed by atoms with van der Waals surface area (Å²) < 4.78 is 11.1. The van der Waals surface area contributed by atoms with Crippen molar-refractivity contribution in [1.29, 1.82) is 0 Å². The number of carbonyl (C=O) groups excluding carboxylic acids is 1. The lowest BCUT2D eigenvalue weighted by atomic mass is 9.83. The predicted octanol–water partition coefficient (Wildman–Crippen LogP) is 1.38. The van der Waals surface area contributed by atoms with Crippen LogP contribution in [0.5, 0.6) is 5.75 Å². The molecule has 0 aromatic heterocycles. The molecule has 1 aliphatic rings. The van der Waals surface area contributed by atoms with Gasteiger partial charge in [0.1, 0.15) is 5.75 Å². The number of nitrogens with two attached hydrogens (primary N) is 1. The first-order chi connectivity index (χ1) is 10.1. The Balaban J connectivity index is 1.70. The molecule has 0 aliphatic heterocycles. The van der Waals surface area contributed by atoms with E-state index in [4.69, 9.17) is 15.2 Å². The van der Waals surface area contributed by atoms with Gasteiger partial charge in [-0.3, -0.25) is 4.79 Å². The molecule has 1 fully saturated rings. The van der Waals surface area contributed by atoms with E-state index in [-0.39, 0.29) is 24.1 Å². The first kappa shape index (κ1) is 15.8. The van der Waals surface area contributed by atoms with E-state index in [9.17, 15) is 4.79 Å². The lowest BCUT2D eigenvalue weighted by Crippen LogP contribution is -2.64. The molecule has 1 aromatic carbocycles. The summed E-state index contributed by atoms with van der Waals surface area (Å²) in [5.74, 6) is 0.739. The molecule has 0 saturated heterocycles. The largest absolute Gasteiger partial charge is 0.493 e. The van der Waals surface area contributed by atoms with Crippen molar-refractivity contribution in [3.63, 3.8) is 0 Å². The summed E-state index contributed by atoms with van der Waals surface area (Å²) >= 11 is 0. The van der Waals surface area contributed by atoms with E-state index >= 15 is 0 Å². The zero-order valence-electron chi connectivity index (χ0n) is 12.7. The molecular formula is C16H24N2O3. The van der Waals surface area contributed by atoms with Crippen molar-refractivity contribution >= 4 is 5.91 Å². The number of amides is 1. The van der Waals surface area contributed by atoms with Crippen molar-refractivity contribution in [3.05, 3.63) is 29.8 Å². The molecule has 3 atom stereocenters. The second-order valence-electron chi connectivity index (χ2n) is 5.40. The van der Waals surface area contributed by atoms with Crippen molar-refractivity contribution in [2.75, 3.05) is 13.2 Å². The average molecular weight is 292 g/mol. The Labute approximate surface area is 125 Å². The van der Waals surface area contributed by atoms with Crippen LogP contribution in [-0.4, -0.2) is 37.3 Å². The molecule has 116 valence electrons. The predicted molar refractivity (Wildman–Crippen MR) is 81.2 cm³/mol. The maximum Gasteiger partial charge on any atom is 0.223 e. The Hall–Kier alpha value is -1.59. The molecule has 3 N–H and O–H groups in total. The minimum absolute atomic E-state index is 0.0109. The van der Waals surface area contributed by atoms with Gasteiger partial charge in [0.2, 0.25) is 5.91 Å². The number of carbonyl (C=O) groups is 1. The van der Waals surface area contributed by atoms with Gasteiger partial charge in [-0.25, -0.2) is 0 Å². The number of ether oxygens (including phenoxy) is 2. The van der Waals surface area contributed by atoms with Gasteiger partial charge in [-0.2, -0.15) is 0 Å². The molecule has 0 radical (unpaired) electrons. The van der Waals surface area contributed by atoms with Crippen molar-refractivity contribution in [3.8, 4) is 5.75 Å². The van der Waals surface area contributed by atoms with E-state index in [0.717, 1.165) is 17.7 Å². The van der Waals surface area contributed by atoms with Crippen LogP contribution in [0.15, 0.2) is 24.3 Å². The van der Waals surface area contributed by atoms with Crippen LogP contribution in [0.25, 0.3) is 0 Å². The molecule has 1 saturated carbocycles. The van der Waals surface area contributed by atoms with Gasteiger partial charge in [0, 0.05) is 12.6 Å². The van der Waals surface area contributed by atoms with Crippen LogP contribution in [0.1, 0.15) is 25.3 Å². The van der Waals surface area contributed by atoms with E-state index in [1.807, 2.05) is 38.1 Å². The summed E-state index contributed by atoms with van der Waals surface area (Å²) in [6.45, 7) is 4.95. The second kappa shape index (κ2) is 7.43. The molecule has 0 bridgehead atoms. The SMILES string of the molecule is CCOC1CC(N)C1NC(=O)CCOc1cccc(C)c1. The van der Waals surface area contributed by atoms with E-state index in [1.54, 1.807) is 0 Å². The fraction of sp³-hybridized carbons (Fsp3) is 0.562. The third-order valence-corrected chi connectivity index (χ3v) is 3.66. The molecule has 5 heteroatoms. The number of rotatable bonds is 7. The maximum atomic E-state index is 11.9. The Bertz CT molecular complexity index is 476. The lowest BCUT2D eigenvalue weighted by Gasteiger charge is -2.42. The highest BCUT2D eigenvalue weighted by Crippen LogP contribution is 2.22. The van der Waals surface area contributed by atoms with Gasteiger partial charge in [-0.1, -0.05) is 12.1 Å². The highest BCUT2D eigenvalue weighted by molar-refractivity contribution is 5.76. The fourth-order valence-corrected chi connectivity index (χ4v) is 2.45. The number of aryl methyl sites for hydroxylation is 1. The summed E-state index contributed by atoms with van der Waals surface area (Å²) in [4.78, 5) is 11.9. The monoisotopic (exact) mass is 292 g/mol. The molecule has 1 aliphatic carbocycles. The Kier molecular flexibility index (Phi) is 5.59. The molecule has 1 amide bonds. The standard InChI is InChI=1S/C16H24N2O3/c1-3-20-14-10-13(17)16(14)18-15(19)7-8-21-12-6-4-5-11(2)9-12/h4-6,9,13-14,16H,3,7-8,10,17H2,1-2H3,(H,18,19). The number of benzene rings is 1. The molecule has 1 aromatic rings. The van der Waals surface area contributed by atoms with Gasteiger partial charge in [-0.05, 0) is 38.0 Å². The van der Waals surface area contributed by atoms with E-state index < -0.39 is 0 Å². The van der Waals surface area contributed by atoms with E-state index in [0.29, 0.717) is 19.6 Å². The highest BCUT2D eigenvalue weighted by Gasteiger charge is 2.40. The molecule has 21 heavy (non-hydrogen) atoms. The van der Waals surface area contributed by atoms with Gasteiger partial charge in [0.25, 0.3) is 0 Å². The summed E-state index contributed by atoms with van der Waals surface area (Å²) in [7, 11) is 0. The minimum Gasteiger partial charge on any atom is -0.493 e. The van der Waals surface area contributed by atoms with Gasteiger partial charge in [0.15, 0.2) is 0 Å². The Morgan fingerprint density at radius 3 is 2.95 bits per heavy atom. The Morgan fingerprint density at radius 1 is 1.48 bits per heavy atom. The zero-order chi connectivity index (χ0) is 15.2. The van der Waals surface area contributed by atoms with Crippen LogP contribution in [0, 0.1) is 6.92 Å². The van der Waals surface area contributed by atoms with E-state index in [1.165, 1.54) is 0 Å². The van der Waals surface area contributed by atoms with Crippen molar-refractivity contribution in [1.82, 2.24) is 5.32 Å². The van der Waals surface area contributed by atoms with Crippen molar-refractivity contribution in [2.24, 2.45) is 5.73 Å². The van der Waals surface area contributed by atoms with Gasteiger partial charge < -0.3 is 20.5 Å². The number of hydrogen-bond donors (Lipinski definition) is 2. The first-order valence-corrected chi connectivity index (χ1v) is 7.46. The third-order valence-electron chi connectivity index (χ3n) is 3.66.